The Morgan fingerprint density at radius 2 is 2.18 bits per heavy atom. The second kappa shape index (κ2) is 4.11. The van der Waals surface area contributed by atoms with E-state index in [-0.39, 0.29) is 11.3 Å². The largest absolute Gasteiger partial charge is 0.290 e. The van der Waals surface area contributed by atoms with Gasteiger partial charge < -0.3 is 0 Å². The number of nitrogens with zero attached hydrogens (tertiary/aromatic N) is 2. The van der Waals surface area contributed by atoms with Crippen molar-refractivity contribution in [3.63, 3.8) is 0 Å². The smallest absolute Gasteiger partial charge is 0.232 e. The number of para-hydroxylation sites is 1. The summed E-state index contributed by atoms with van der Waals surface area (Å²) in [6.07, 6.45) is 7.32. The van der Waals surface area contributed by atoms with Gasteiger partial charge in [-0.3, -0.25) is 14.3 Å². The molecule has 0 radical (unpaired) electrons. The molecule has 4 heterocycles. The van der Waals surface area contributed by atoms with Crippen LogP contribution in [0.25, 0.3) is 10.9 Å². The molecule has 3 nitrogen and oxygen atoms in total. The molecule has 0 saturated carbocycles. The van der Waals surface area contributed by atoms with Gasteiger partial charge in [-0.15, -0.1) is 0 Å². The number of benzene rings is 1. The number of carbonyl (C=O) groups is 1. The fraction of sp³-hybridized carbons (Fsp3) is 0.421. The summed E-state index contributed by atoms with van der Waals surface area (Å²) in [6.45, 7) is 4.35. The van der Waals surface area contributed by atoms with E-state index in [0.29, 0.717) is 12.5 Å². The van der Waals surface area contributed by atoms with E-state index < -0.39 is 0 Å². The zero-order chi connectivity index (χ0) is 14.9. The maximum atomic E-state index is 13.0. The first-order chi connectivity index (χ1) is 10.7. The van der Waals surface area contributed by atoms with E-state index in [1.807, 2.05) is 10.6 Å². The summed E-state index contributed by atoms with van der Waals surface area (Å²) in [5.41, 5.74) is 3.81. The molecule has 1 aromatic carbocycles. The van der Waals surface area contributed by atoms with Crippen molar-refractivity contribution in [1.82, 2.24) is 9.47 Å². The molecule has 112 valence electrons. The molecule has 2 aromatic rings. The summed E-state index contributed by atoms with van der Waals surface area (Å²) in [7, 11) is 0. The Kier molecular flexibility index (Phi) is 2.36. The number of fused-ring (bicyclic) bond motifs is 3. The van der Waals surface area contributed by atoms with E-state index in [1.54, 1.807) is 0 Å². The number of hydrogen-bond acceptors (Lipinski definition) is 2. The summed E-state index contributed by atoms with van der Waals surface area (Å²) >= 11 is 0. The predicted octanol–water partition coefficient (Wildman–Crippen LogP) is 3.55. The Morgan fingerprint density at radius 3 is 3.05 bits per heavy atom. The molecular weight excluding hydrogens is 272 g/mol. The Morgan fingerprint density at radius 1 is 1.32 bits per heavy atom. The van der Waals surface area contributed by atoms with Gasteiger partial charge in [0.25, 0.3) is 0 Å². The lowest BCUT2D eigenvalue weighted by atomic mass is 9.67. The summed E-state index contributed by atoms with van der Waals surface area (Å²) in [4.78, 5) is 15.6. The minimum Gasteiger partial charge on any atom is -0.290 e. The van der Waals surface area contributed by atoms with E-state index in [9.17, 15) is 4.79 Å². The molecule has 0 aliphatic carbocycles. The predicted molar refractivity (Wildman–Crippen MR) is 87.1 cm³/mol. The highest BCUT2D eigenvalue weighted by Crippen LogP contribution is 2.54. The van der Waals surface area contributed by atoms with Gasteiger partial charge in [0.15, 0.2) is 0 Å². The number of carbonyl (C=O) groups excluding carboxylic acids is 1. The Labute approximate surface area is 130 Å². The van der Waals surface area contributed by atoms with Gasteiger partial charge in [-0.25, -0.2) is 0 Å². The normalized spacial score (nSPS) is 29.9. The van der Waals surface area contributed by atoms with Gasteiger partial charge in [0.1, 0.15) is 0 Å². The van der Waals surface area contributed by atoms with Crippen LogP contribution < -0.4 is 0 Å². The lowest BCUT2D eigenvalue weighted by molar-refractivity contribution is 0.0405. The van der Waals surface area contributed by atoms with Gasteiger partial charge in [-0.1, -0.05) is 37.3 Å². The maximum Gasteiger partial charge on any atom is 0.232 e. The molecule has 0 saturated heterocycles. The molecule has 3 heteroatoms. The van der Waals surface area contributed by atoms with Crippen LogP contribution in [-0.2, 0) is 6.42 Å². The van der Waals surface area contributed by atoms with Gasteiger partial charge in [-0.2, -0.15) is 0 Å². The third kappa shape index (κ3) is 1.33. The fourth-order valence-corrected chi connectivity index (χ4v) is 5.00. The van der Waals surface area contributed by atoms with Crippen LogP contribution in [0.3, 0.4) is 0 Å². The van der Waals surface area contributed by atoms with Crippen LogP contribution >= 0.6 is 0 Å². The molecular formula is C19H20N2O. The molecule has 2 atom stereocenters. The van der Waals surface area contributed by atoms with Crippen LogP contribution in [0.4, 0.5) is 0 Å². The monoisotopic (exact) mass is 292 g/mol. The highest BCUT2D eigenvalue weighted by atomic mass is 16.2. The van der Waals surface area contributed by atoms with Crippen LogP contribution in [-0.4, -0.2) is 28.5 Å². The minimum absolute atomic E-state index is 0.00508. The molecule has 0 bridgehead atoms. The van der Waals surface area contributed by atoms with Gasteiger partial charge in [0.05, 0.1) is 11.6 Å². The quantitative estimate of drug-likeness (QED) is 0.751. The molecule has 1 aromatic heterocycles. The van der Waals surface area contributed by atoms with E-state index in [2.05, 4.69) is 42.2 Å². The molecule has 0 unspecified atom stereocenters. The molecule has 0 fully saturated rings. The lowest BCUT2D eigenvalue weighted by Crippen LogP contribution is -2.51. The topological polar surface area (TPSA) is 25.2 Å². The van der Waals surface area contributed by atoms with E-state index >= 15 is 0 Å². The number of rotatable bonds is 1. The molecule has 3 aliphatic heterocycles. The van der Waals surface area contributed by atoms with Crippen LogP contribution in [0.5, 0.6) is 0 Å². The van der Waals surface area contributed by atoms with Crippen molar-refractivity contribution < 1.29 is 4.79 Å². The van der Waals surface area contributed by atoms with Crippen molar-refractivity contribution in [2.24, 2.45) is 5.41 Å². The van der Waals surface area contributed by atoms with Crippen molar-refractivity contribution >= 4 is 16.8 Å². The van der Waals surface area contributed by atoms with Crippen LogP contribution in [0.2, 0.25) is 0 Å². The molecule has 22 heavy (non-hydrogen) atoms. The van der Waals surface area contributed by atoms with E-state index in [0.717, 1.165) is 31.4 Å². The highest BCUT2D eigenvalue weighted by Gasteiger charge is 2.51. The zero-order valence-electron chi connectivity index (χ0n) is 12.9. The highest BCUT2D eigenvalue weighted by molar-refractivity contribution is 5.98. The van der Waals surface area contributed by atoms with Crippen LogP contribution in [0.1, 0.15) is 41.9 Å². The SMILES string of the molecule is CC[C@]12C=CCN3CCc4c(n(c5ccccc45)C(=O)C1)[C@@H]32. The van der Waals surface area contributed by atoms with E-state index in [4.69, 9.17) is 0 Å². The van der Waals surface area contributed by atoms with E-state index in [1.165, 1.54) is 16.6 Å². The van der Waals surface area contributed by atoms with Crippen LogP contribution in [0, 0.1) is 5.41 Å². The van der Waals surface area contributed by atoms with Crippen molar-refractivity contribution in [2.75, 3.05) is 13.1 Å². The molecule has 5 rings (SSSR count). The third-order valence-electron chi connectivity index (χ3n) is 6.02. The molecule has 0 spiro atoms. The van der Waals surface area contributed by atoms with Crippen molar-refractivity contribution in [2.45, 2.75) is 32.2 Å². The lowest BCUT2D eigenvalue weighted by Gasteiger charge is -2.51. The second-order valence-corrected chi connectivity index (χ2v) is 6.92. The standard InChI is InChI=1S/C19H20N2O/c1-2-19-9-5-10-20-11-8-14-13-6-3-4-7-15(13)21(16(22)12-19)17(14)18(19)20/h3-7,9,18H,2,8,10-12H2,1H3/t18-,19+/m1/s1. The zero-order valence-corrected chi connectivity index (χ0v) is 12.9. The molecule has 3 aliphatic rings. The Balaban J connectivity index is 1.90. The molecule has 0 N–H and O–H groups in total. The average Bonchev–Trinajstić information content (AvgIpc) is 2.89. The fourth-order valence-electron chi connectivity index (χ4n) is 5.00. The first-order valence-corrected chi connectivity index (χ1v) is 8.32. The Hall–Kier alpha value is -1.87. The van der Waals surface area contributed by atoms with Crippen molar-refractivity contribution in [1.29, 1.82) is 0 Å². The number of hydrogen-bond donors (Lipinski definition) is 0. The first-order valence-electron chi connectivity index (χ1n) is 8.32. The first kappa shape index (κ1) is 12.7. The number of aromatic nitrogens is 1. The second-order valence-electron chi connectivity index (χ2n) is 6.92. The summed E-state index contributed by atoms with van der Waals surface area (Å²) in [6, 6.07) is 8.80. The van der Waals surface area contributed by atoms with Crippen LogP contribution in [0.15, 0.2) is 36.4 Å². The summed E-state index contributed by atoms with van der Waals surface area (Å²) in [5, 5.41) is 1.28. The minimum atomic E-state index is -0.00508. The maximum absolute atomic E-state index is 13.0. The molecule has 0 amide bonds. The Bertz CT molecular complexity index is 831. The third-order valence-corrected chi connectivity index (χ3v) is 6.02. The van der Waals surface area contributed by atoms with Gasteiger partial charge in [0, 0.05) is 36.0 Å². The van der Waals surface area contributed by atoms with Crippen molar-refractivity contribution in [3.8, 4) is 0 Å². The van der Waals surface area contributed by atoms with Gasteiger partial charge in [0.2, 0.25) is 5.91 Å². The average molecular weight is 292 g/mol. The van der Waals surface area contributed by atoms with Gasteiger partial charge >= 0.3 is 0 Å². The summed E-state index contributed by atoms with van der Waals surface area (Å²) in [5.74, 6) is 0.268. The van der Waals surface area contributed by atoms with Crippen molar-refractivity contribution in [3.05, 3.63) is 47.7 Å². The summed E-state index contributed by atoms with van der Waals surface area (Å²) < 4.78 is 2.04. The van der Waals surface area contributed by atoms with Gasteiger partial charge in [-0.05, 0) is 24.5 Å².